The van der Waals surface area contributed by atoms with Crippen LogP contribution in [0, 0.1) is 0 Å². The molecule has 39 heavy (non-hydrogen) atoms. The van der Waals surface area contributed by atoms with Crippen LogP contribution in [0.5, 0.6) is 0 Å². The Kier molecular flexibility index (Phi) is 11.9. The van der Waals surface area contributed by atoms with Crippen LogP contribution < -0.4 is 21.3 Å². The van der Waals surface area contributed by atoms with Gasteiger partial charge in [-0.05, 0) is 23.1 Å². The van der Waals surface area contributed by atoms with Gasteiger partial charge in [-0.3, -0.25) is 14.4 Å². The highest BCUT2D eigenvalue weighted by Gasteiger charge is 2.42. The molecule has 2 aromatic carbocycles. The number of hydrogen-bond donors (Lipinski definition) is 4. The minimum absolute atomic E-state index is 0.0263. The molecule has 0 saturated carbocycles. The van der Waals surface area contributed by atoms with Gasteiger partial charge >= 0.3 is 24.1 Å². The van der Waals surface area contributed by atoms with E-state index in [1.807, 2.05) is 37.3 Å². The molecule has 0 radical (unpaired) electrons. The molecule has 2 aromatic rings. The number of rotatable bonds is 12. The van der Waals surface area contributed by atoms with E-state index in [0.717, 1.165) is 17.5 Å². The van der Waals surface area contributed by atoms with Gasteiger partial charge in [0.2, 0.25) is 11.8 Å². The van der Waals surface area contributed by atoms with Crippen molar-refractivity contribution >= 4 is 29.8 Å². The molecule has 0 aliphatic rings. The van der Waals surface area contributed by atoms with Crippen LogP contribution in [0.15, 0.2) is 54.6 Å². The van der Waals surface area contributed by atoms with Crippen molar-refractivity contribution in [1.82, 2.24) is 21.3 Å². The third-order valence-corrected chi connectivity index (χ3v) is 5.18. The first-order valence-corrected chi connectivity index (χ1v) is 12.0. The lowest BCUT2D eigenvalue weighted by Gasteiger charge is -2.19. The van der Waals surface area contributed by atoms with Crippen molar-refractivity contribution in [3.05, 3.63) is 60.2 Å². The van der Waals surface area contributed by atoms with E-state index >= 15 is 0 Å². The van der Waals surface area contributed by atoms with Crippen LogP contribution in [-0.2, 0) is 23.9 Å². The topological polar surface area (TPSA) is 143 Å². The zero-order valence-electron chi connectivity index (χ0n) is 21.1. The van der Waals surface area contributed by atoms with Crippen molar-refractivity contribution in [2.24, 2.45) is 0 Å². The van der Waals surface area contributed by atoms with E-state index in [4.69, 9.17) is 0 Å². The normalized spacial score (nSPS) is 11.6. The molecular weight excluding hydrogens is 521 g/mol. The van der Waals surface area contributed by atoms with E-state index < -0.39 is 55.0 Å². The standard InChI is InChI=1S/C26H29F3N4O6/c1-2-13-30-25(38)31-14-12-21(34)32-16-22(35)33-20(15-23(36)39-24(37)26(27,28)29)19-10-8-18(9-11-19)17-6-4-3-5-7-17/h3-11,20H,2,12-16H2,1H3,(H,32,34)(H,33,35)(H2,30,31,38). The molecule has 0 aromatic heterocycles. The second-order valence-corrected chi connectivity index (χ2v) is 8.28. The molecule has 0 aliphatic heterocycles. The lowest BCUT2D eigenvalue weighted by Crippen LogP contribution is -2.41. The second-order valence-electron chi connectivity index (χ2n) is 8.28. The molecular formula is C26H29F3N4O6. The van der Waals surface area contributed by atoms with Crippen molar-refractivity contribution in [3.63, 3.8) is 0 Å². The maximum absolute atomic E-state index is 12.5. The third-order valence-electron chi connectivity index (χ3n) is 5.18. The fraction of sp³-hybridized carbons (Fsp3) is 0.346. The Morgan fingerprint density at radius 2 is 1.44 bits per heavy atom. The Balaban J connectivity index is 2.01. The molecule has 4 N–H and O–H groups in total. The number of carbonyl (C=O) groups is 5. The summed E-state index contributed by atoms with van der Waals surface area (Å²) in [6, 6.07) is 14.2. The quantitative estimate of drug-likeness (QED) is 0.237. The summed E-state index contributed by atoms with van der Waals surface area (Å²) in [7, 11) is 0. The van der Waals surface area contributed by atoms with E-state index in [1.54, 1.807) is 24.3 Å². The number of esters is 2. The van der Waals surface area contributed by atoms with Gasteiger partial charge in [-0.15, -0.1) is 0 Å². The summed E-state index contributed by atoms with van der Waals surface area (Å²) < 4.78 is 41.3. The predicted octanol–water partition coefficient (Wildman–Crippen LogP) is 2.75. The second kappa shape index (κ2) is 15.1. The molecule has 0 heterocycles. The van der Waals surface area contributed by atoms with Crippen LogP contribution in [0.1, 0.15) is 37.8 Å². The van der Waals surface area contributed by atoms with Gasteiger partial charge in [-0.2, -0.15) is 13.2 Å². The number of ether oxygens (including phenoxy) is 1. The predicted molar refractivity (Wildman–Crippen MR) is 134 cm³/mol. The summed E-state index contributed by atoms with van der Waals surface area (Å²) >= 11 is 0. The molecule has 1 atom stereocenters. The van der Waals surface area contributed by atoms with E-state index in [-0.39, 0.29) is 13.0 Å². The van der Waals surface area contributed by atoms with Gasteiger partial charge in [-0.1, -0.05) is 61.5 Å². The number of benzene rings is 2. The van der Waals surface area contributed by atoms with E-state index in [1.165, 1.54) is 0 Å². The molecule has 0 aliphatic carbocycles. The summed E-state index contributed by atoms with van der Waals surface area (Å²) in [5.41, 5.74) is 2.05. The zero-order valence-corrected chi connectivity index (χ0v) is 21.1. The van der Waals surface area contributed by atoms with Gasteiger partial charge in [-0.25, -0.2) is 9.59 Å². The molecule has 0 fully saturated rings. The van der Waals surface area contributed by atoms with Crippen molar-refractivity contribution in [2.75, 3.05) is 19.6 Å². The first-order chi connectivity index (χ1) is 18.5. The van der Waals surface area contributed by atoms with Gasteiger partial charge in [0.1, 0.15) is 0 Å². The average molecular weight is 551 g/mol. The molecule has 210 valence electrons. The van der Waals surface area contributed by atoms with Gasteiger partial charge in [0.05, 0.1) is 19.0 Å². The van der Waals surface area contributed by atoms with E-state index in [2.05, 4.69) is 26.0 Å². The molecule has 0 spiro atoms. The summed E-state index contributed by atoms with van der Waals surface area (Å²) in [6.45, 7) is 1.88. The number of carbonyl (C=O) groups excluding carboxylic acids is 5. The Morgan fingerprint density at radius 3 is 2.05 bits per heavy atom. The van der Waals surface area contributed by atoms with Gasteiger partial charge in [0.15, 0.2) is 0 Å². The third kappa shape index (κ3) is 11.2. The van der Waals surface area contributed by atoms with Crippen molar-refractivity contribution in [1.29, 1.82) is 0 Å². The molecule has 1 unspecified atom stereocenters. The summed E-state index contributed by atoms with van der Waals surface area (Å²) in [4.78, 5) is 59.0. The van der Waals surface area contributed by atoms with Gasteiger partial charge < -0.3 is 26.0 Å². The minimum Gasteiger partial charge on any atom is -0.386 e. The largest absolute Gasteiger partial charge is 0.491 e. The van der Waals surface area contributed by atoms with Gasteiger partial charge in [0.25, 0.3) is 0 Å². The zero-order chi connectivity index (χ0) is 28.8. The molecule has 0 bridgehead atoms. The van der Waals surface area contributed by atoms with E-state index in [0.29, 0.717) is 12.1 Å². The first kappa shape index (κ1) is 30.8. The van der Waals surface area contributed by atoms with Crippen molar-refractivity contribution < 1.29 is 41.9 Å². The van der Waals surface area contributed by atoms with Crippen LogP contribution in [0.3, 0.4) is 0 Å². The SMILES string of the molecule is CCCNC(=O)NCCC(=O)NCC(=O)NC(CC(=O)OC(=O)C(F)(F)F)c1ccc(-c2ccccc2)cc1. The Bertz CT molecular complexity index is 1140. The van der Waals surface area contributed by atoms with Crippen LogP contribution >= 0.6 is 0 Å². The summed E-state index contributed by atoms with van der Waals surface area (Å²) in [5, 5.41) is 9.87. The maximum Gasteiger partial charge on any atom is 0.491 e. The van der Waals surface area contributed by atoms with Crippen LogP contribution in [0.25, 0.3) is 11.1 Å². The highest BCUT2D eigenvalue weighted by molar-refractivity contribution is 5.89. The van der Waals surface area contributed by atoms with Crippen molar-refractivity contribution in [3.8, 4) is 11.1 Å². The molecule has 4 amide bonds. The number of halogens is 3. The van der Waals surface area contributed by atoms with Crippen LogP contribution in [0.2, 0.25) is 0 Å². The van der Waals surface area contributed by atoms with E-state index in [9.17, 15) is 37.1 Å². The number of nitrogens with one attached hydrogen (secondary N) is 4. The smallest absolute Gasteiger partial charge is 0.386 e. The Labute approximate surface area is 222 Å². The Hall–Kier alpha value is -4.42. The number of amides is 4. The van der Waals surface area contributed by atoms with Crippen LogP contribution in [0.4, 0.5) is 18.0 Å². The molecule has 13 heteroatoms. The number of urea groups is 1. The summed E-state index contributed by atoms with van der Waals surface area (Å²) in [5.74, 6) is -5.45. The lowest BCUT2D eigenvalue weighted by atomic mass is 9.99. The summed E-state index contributed by atoms with van der Waals surface area (Å²) in [6.07, 6.45) is -5.49. The monoisotopic (exact) mass is 550 g/mol. The average Bonchev–Trinajstić information content (AvgIpc) is 2.90. The minimum atomic E-state index is -5.36. The fourth-order valence-electron chi connectivity index (χ4n) is 3.26. The molecule has 0 saturated heterocycles. The molecule has 10 nitrogen and oxygen atoms in total. The highest BCUT2D eigenvalue weighted by atomic mass is 19.4. The van der Waals surface area contributed by atoms with Crippen molar-refractivity contribution in [2.45, 2.75) is 38.4 Å². The fourth-order valence-corrected chi connectivity index (χ4v) is 3.26. The first-order valence-electron chi connectivity index (χ1n) is 12.0. The Morgan fingerprint density at radius 1 is 0.821 bits per heavy atom. The van der Waals surface area contributed by atoms with Gasteiger partial charge in [0, 0.05) is 19.5 Å². The number of alkyl halides is 3. The maximum atomic E-state index is 12.5. The number of hydrogen-bond acceptors (Lipinski definition) is 6. The van der Waals surface area contributed by atoms with Crippen LogP contribution in [-0.4, -0.2) is 55.6 Å². The molecule has 2 rings (SSSR count). The highest BCUT2D eigenvalue weighted by Crippen LogP contribution is 2.24. The lowest BCUT2D eigenvalue weighted by molar-refractivity contribution is -0.202.